The van der Waals surface area contributed by atoms with Crippen LogP contribution < -0.4 is 4.74 Å². The molecular formula is C21H20O4. The molecule has 0 bridgehead atoms. The van der Waals surface area contributed by atoms with E-state index >= 15 is 0 Å². The van der Waals surface area contributed by atoms with Crippen LogP contribution in [0.4, 0.5) is 0 Å². The summed E-state index contributed by atoms with van der Waals surface area (Å²) in [5.41, 5.74) is 0. The standard InChI is InChI=1S/C21H20O4/c1-2-21(22)25-12-10-23-9-11-24-20-8-7-18-13-16-5-3-4-6-17(16)14-19(18)15-20/h2-8,13-15H,1,9-12H2. The Morgan fingerprint density at radius 1 is 0.840 bits per heavy atom. The van der Waals surface area contributed by atoms with Gasteiger partial charge in [0.15, 0.2) is 0 Å². The predicted octanol–water partition coefficient (Wildman–Crippen LogP) is 4.12. The van der Waals surface area contributed by atoms with Crippen molar-refractivity contribution < 1.29 is 19.0 Å². The van der Waals surface area contributed by atoms with Crippen molar-refractivity contribution in [3.8, 4) is 5.75 Å². The SMILES string of the molecule is C=CC(=O)OCCOCCOc1ccc2cc3ccccc3cc2c1. The van der Waals surface area contributed by atoms with Crippen LogP contribution in [0.5, 0.6) is 5.75 Å². The molecule has 128 valence electrons. The molecule has 0 aliphatic rings. The zero-order chi connectivity index (χ0) is 17.5. The van der Waals surface area contributed by atoms with Crippen LogP contribution in [0, 0.1) is 0 Å². The van der Waals surface area contributed by atoms with Gasteiger partial charge in [0, 0.05) is 6.08 Å². The normalized spacial score (nSPS) is 10.7. The Labute approximate surface area is 146 Å². The first-order chi connectivity index (χ1) is 12.3. The van der Waals surface area contributed by atoms with Crippen molar-refractivity contribution >= 4 is 27.5 Å². The number of carbonyl (C=O) groups is 1. The van der Waals surface area contributed by atoms with Gasteiger partial charge < -0.3 is 14.2 Å². The molecule has 0 amide bonds. The molecule has 3 aromatic carbocycles. The number of fused-ring (bicyclic) bond motifs is 2. The van der Waals surface area contributed by atoms with E-state index in [-0.39, 0.29) is 6.61 Å². The van der Waals surface area contributed by atoms with Gasteiger partial charge in [-0.25, -0.2) is 4.79 Å². The molecular weight excluding hydrogens is 316 g/mol. The third-order valence-electron chi connectivity index (χ3n) is 3.81. The molecule has 0 fully saturated rings. The maximum absolute atomic E-state index is 10.9. The highest BCUT2D eigenvalue weighted by atomic mass is 16.6. The Hall–Kier alpha value is -2.85. The zero-order valence-corrected chi connectivity index (χ0v) is 13.9. The van der Waals surface area contributed by atoms with E-state index in [1.54, 1.807) is 0 Å². The third-order valence-corrected chi connectivity index (χ3v) is 3.81. The lowest BCUT2D eigenvalue weighted by Crippen LogP contribution is -2.12. The summed E-state index contributed by atoms with van der Waals surface area (Å²) >= 11 is 0. The summed E-state index contributed by atoms with van der Waals surface area (Å²) in [6.07, 6.45) is 1.13. The van der Waals surface area contributed by atoms with Gasteiger partial charge in [0.05, 0.1) is 13.2 Å². The van der Waals surface area contributed by atoms with Crippen LogP contribution in [-0.2, 0) is 14.3 Å². The molecule has 0 spiro atoms. The number of ether oxygens (including phenoxy) is 3. The number of hydrogen-bond acceptors (Lipinski definition) is 4. The lowest BCUT2D eigenvalue weighted by molar-refractivity contribution is -0.139. The summed E-state index contributed by atoms with van der Waals surface area (Å²) in [6, 6.07) is 18.7. The minimum atomic E-state index is -0.441. The number of carbonyl (C=O) groups excluding carboxylic acids is 1. The van der Waals surface area contributed by atoms with Gasteiger partial charge >= 0.3 is 5.97 Å². The second-order valence-corrected chi connectivity index (χ2v) is 5.54. The van der Waals surface area contributed by atoms with E-state index < -0.39 is 5.97 Å². The highest BCUT2D eigenvalue weighted by molar-refractivity contribution is 5.98. The van der Waals surface area contributed by atoms with E-state index in [0.717, 1.165) is 17.2 Å². The molecule has 0 N–H and O–H groups in total. The van der Waals surface area contributed by atoms with E-state index in [4.69, 9.17) is 14.2 Å². The zero-order valence-electron chi connectivity index (χ0n) is 13.9. The van der Waals surface area contributed by atoms with Crippen molar-refractivity contribution in [2.75, 3.05) is 26.4 Å². The molecule has 0 unspecified atom stereocenters. The molecule has 0 radical (unpaired) electrons. The highest BCUT2D eigenvalue weighted by Crippen LogP contribution is 2.26. The van der Waals surface area contributed by atoms with E-state index in [1.165, 1.54) is 16.2 Å². The van der Waals surface area contributed by atoms with Gasteiger partial charge in [0.25, 0.3) is 0 Å². The average molecular weight is 336 g/mol. The van der Waals surface area contributed by atoms with Crippen molar-refractivity contribution in [1.29, 1.82) is 0 Å². The van der Waals surface area contributed by atoms with Gasteiger partial charge in [-0.05, 0) is 45.8 Å². The molecule has 0 atom stereocenters. The lowest BCUT2D eigenvalue weighted by atomic mass is 10.0. The Morgan fingerprint density at radius 2 is 1.52 bits per heavy atom. The fourth-order valence-electron chi connectivity index (χ4n) is 2.59. The van der Waals surface area contributed by atoms with Gasteiger partial charge in [-0.3, -0.25) is 0 Å². The van der Waals surface area contributed by atoms with Crippen LogP contribution in [0.1, 0.15) is 0 Å². The quantitative estimate of drug-likeness (QED) is 0.269. The van der Waals surface area contributed by atoms with Crippen molar-refractivity contribution in [2.24, 2.45) is 0 Å². The van der Waals surface area contributed by atoms with Gasteiger partial charge in [0.1, 0.15) is 19.0 Å². The number of rotatable bonds is 8. The van der Waals surface area contributed by atoms with Gasteiger partial charge in [-0.1, -0.05) is 36.9 Å². The second kappa shape index (κ2) is 8.31. The van der Waals surface area contributed by atoms with Crippen LogP contribution in [0.25, 0.3) is 21.5 Å². The van der Waals surface area contributed by atoms with E-state index in [2.05, 4.69) is 36.9 Å². The maximum atomic E-state index is 10.9. The minimum Gasteiger partial charge on any atom is -0.491 e. The van der Waals surface area contributed by atoms with Crippen LogP contribution >= 0.6 is 0 Å². The topological polar surface area (TPSA) is 44.8 Å². The molecule has 0 heterocycles. The lowest BCUT2D eigenvalue weighted by Gasteiger charge is -2.09. The molecule has 0 saturated carbocycles. The van der Waals surface area contributed by atoms with Gasteiger partial charge in [-0.15, -0.1) is 0 Å². The van der Waals surface area contributed by atoms with Gasteiger partial charge in [0.2, 0.25) is 0 Å². The summed E-state index contributed by atoms with van der Waals surface area (Å²) in [5, 5.41) is 4.78. The maximum Gasteiger partial charge on any atom is 0.330 e. The second-order valence-electron chi connectivity index (χ2n) is 5.54. The van der Waals surface area contributed by atoms with Crippen LogP contribution in [0.3, 0.4) is 0 Å². The summed E-state index contributed by atoms with van der Waals surface area (Å²) in [6.45, 7) is 4.75. The van der Waals surface area contributed by atoms with Crippen molar-refractivity contribution in [3.05, 3.63) is 67.3 Å². The molecule has 3 aromatic rings. The largest absolute Gasteiger partial charge is 0.491 e. The number of esters is 1. The molecule has 0 aliphatic heterocycles. The summed E-state index contributed by atoms with van der Waals surface area (Å²) in [4.78, 5) is 10.9. The van der Waals surface area contributed by atoms with Crippen molar-refractivity contribution in [1.82, 2.24) is 0 Å². The first kappa shape index (κ1) is 17.0. The average Bonchev–Trinajstić information content (AvgIpc) is 2.65. The monoisotopic (exact) mass is 336 g/mol. The van der Waals surface area contributed by atoms with E-state index in [0.29, 0.717) is 19.8 Å². The molecule has 25 heavy (non-hydrogen) atoms. The molecule has 0 aromatic heterocycles. The smallest absolute Gasteiger partial charge is 0.330 e. The Morgan fingerprint density at radius 3 is 2.28 bits per heavy atom. The first-order valence-electron chi connectivity index (χ1n) is 8.18. The Balaban J connectivity index is 1.51. The molecule has 4 nitrogen and oxygen atoms in total. The number of hydrogen-bond donors (Lipinski definition) is 0. The minimum absolute atomic E-state index is 0.216. The predicted molar refractivity (Wildman–Crippen MR) is 98.9 cm³/mol. The van der Waals surface area contributed by atoms with Crippen LogP contribution in [0.2, 0.25) is 0 Å². The Bertz CT molecular complexity index is 885. The molecule has 3 rings (SSSR count). The van der Waals surface area contributed by atoms with Crippen molar-refractivity contribution in [2.45, 2.75) is 0 Å². The molecule has 4 heteroatoms. The van der Waals surface area contributed by atoms with Gasteiger partial charge in [-0.2, -0.15) is 0 Å². The number of benzene rings is 3. The summed E-state index contributed by atoms with van der Waals surface area (Å²) in [5.74, 6) is 0.369. The third kappa shape index (κ3) is 4.58. The van der Waals surface area contributed by atoms with Crippen LogP contribution in [0.15, 0.2) is 67.3 Å². The summed E-state index contributed by atoms with van der Waals surface area (Å²) in [7, 11) is 0. The highest BCUT2D eigenvalue weighted by Gasteiger charge is 2.01. The van der Waals surface area contributed by atoms with E-state index in [1.807, 2.05) is 24.3 Å². The molecule has 0 aliphatic carbocycles. The van der Waals surface area contributed by atoms with Crippen LogP contribution in [-0.4, -0.2) is 32.4 Å². The molecule has 0 saturated heterocycles. The fourth-order valence-corrected chi connectivity index (χ4v) is 2.59. The summed E-state index contributed by atoms with van der Waals surface area (Å²) < 4.78 is 15.9. The van der Waals surface area contributed by atoms with Crippen molar-refractivity contribution in [3.63, 3.8) is 0 Å². The fraction of sp³-hybridized carbons (Fsp3) is 0.190. The van der Waals surface area contributed by atoms with E-state index in [9.17, 15) is 4.79 Å². The Kier molecular flexibility index (Phi) is 5.65. The first-order valence-corrected chi connectivity index (χ1v) is 8.18.